The Labute approximate surface area is 204 Å². The first kappa shape index (κ1) is 26.1. The molecule has 2 heterocycles. The van der Waals surface area contributed by atoms with Gasteiger partial charge in [-0.15, -0.1) is 0 Å². The van der Waals surface area contributed by atoms with Gasteiger partial charge in [0.2, 0.25) is 21.6 Å². The van der Waals surface area contributed by atoms with E-state index in [4.69, 9.17) is 4.42 Å². The lowest BCUT2D eigenvalue weighted by Gasteiger charge is -2.24. The first-order valence-corrected chi connectivity index (χ1v) is 13.0. The van der Waals surface area contributed by atoms with E-state index in [0.29, 0.717) is 35.9 Å². The molecular weight excluding hydrogens is 475 g/mol. The molecule has 0 unspecified atom stereocenters. The number of hydrogen-bond acceptors (Lipinski definition) is 6. The Hall–Kier alpha value is -3.47. The third-order valence-corrected chi connectivity index (χ3v) is 6.87. The minimum atomic E-state index is -3.71. The molecule has 0 spiro atoms. The van der Waals surface area contributed by atoms with Gasteiger partial charge in [0.25, 0.3) is 5.91 Å². The Morgan fingerprint density at radius 3 is 2.37 bits per heavy atom. The number of amides is 2. The van der Waals surface area contributed by atoms with Crippen LogP contribution in [-0.2, 0) is 21.2 Å². The summed E-state index contributed by atoms with van der Waals surface area (Å²) >= 11 is 0. The predicted molar refractivity (Wildman–Crippen MR) is 132 cm³/mol. The normalized spacial score (nSPS) is 11.5. The van der Waals surface area contributed by atoms with E-state index in [0.717, 1.165) is 6.26 Å². The Balaban J connectivity index is 2.16. The number of furan rings is 1. The number of benzene rings is 1. The van der Waals surface area contributed by atoms with E-state index in [1.807, 2.05) is 6.92 Å². The van der Waals surface area contributed by atoms with Crippen molar-refractivity contribution in [3.05, 3.63) is 47.3 Å². The van der Waals surface area contributed by atoms with Crippen molar-refractivity contribution in [2.45, 2.75) is 26.7 Å². The summed E-state index contributed by atoms with van der Waals surface area (Å²) in [5, 5.41) is 3.01. The number of halogens is 1. The number of hydrogen-bond donors (Lipinski definition) is 1. The van der Waals surface area contributed by atoms with Gasteiger partial charge >= 0.3 is 0 Å². The molecule has 0 fully saturated rings. The van der Waals surface area contributed by atoms with Crippen LogP contribution in [-0.4, -0.2) is 63.6 Å². The summed E-state index contributed by atoms with van der Waals surface area (Å²) in [7, 11) is -0.578. The van der Waals surface area contributed by atoms with Crippen molar-refractivity contribution < 1.29 is 26.8 Å². The second-order valence-corrected chi connectivity index (χ2v) is 10.1. The molecule has 0 aliphatic rings. The highest BCUT2D eigenvalue weighted by Crippen LogP contribution is 2.36. The molecular formula is C24H29FN4O5S. The SMILES string of the molecule is CCc1cc2c(C(=O)NC)c(-c3ccc(F)cc3)oc2nc1N(CCCN(C)C(C)=O)S(C)(=O)=O. The highest BCUT2D eigenvalue weighted by Gasteiger charge is 2.27. The summed E-state index contributed by atoms with van der Waals surface area (Å²) in [6.07, 6.45) is 1.94. The number of aromatic nitrogens is 1. The molecule has 2 aromatic heterocycles. The average molecular weight is 505 g/mol. The number of aryl methyl sites for hydroxylation is 1. The summed E-state index contributed by atoms with van der Waals surface area (Å²) in [5.41, 5.74) is 1.41. The largest absolute Gasteiger partial charge is 0.437 e. The second kappa shape index (κ2) is 10.4. The van der Waals surface area contributed by atoms with E-state index < -0.39 is 21.7 Å². The van der Waals surface area contributed by atoms with Gasteiger partial charge in [-0.25, -0.2) is 12.8 Å². The third-order valence-electron chi connectivity index (χ3n) is 5.71. The van der Waals surface area contributed by atoms with Crippen LogP contribution in [0.15, 0.2) is 34.7 Å². The van der Waals surface area contributed by atoms with E-state index in [2.05, 4.69) is 10.3 Å². The molecule has 0 bridgehead atoms. The minimum absolute atomic E-state index is 0.0876. The number of sulfonamides is 1. The number of carbonyl (C=O) groups is 2. The van der Waals surface area contributed by atoms with E-state index in [9.17, 15) is 22.4 Å². The molecule has 0 aliphatic heterocycles. The van der Waals surface area contributed by atoms with E-state index in [-0.39, 0.29) is 35.3 Å². The van der Waals surface area contributed by atoms with Crippen molar-refractivity contribution in [3.8, 4) is 11.3 Å². The van der Waals surface area contributed by atoms with Crippen molar-refractivity contribution in [1.29, 1.82) is 0 Å². The molecule has 9 nitrogen and oxygen atoms in total. The van der Waals surface area contributed by atoms with Crippen LogP contribution in [0.4, 0.5) is 10.2 Å². The van der Waals surface area contributed by atoms with Gasteiger partial charge in [0.15, 0.2) is 0 Å². The van der Waals surface area contributed by atoms with Crippen LogP contribution < -0.4 is 9.62 Å². The fourth-order valence-corrected chi connectivity index (χ4v) is 4.66. The maximum atomic E-state index is 13.5. The first-order chi connectivity index (χ1) is 16.5. The molecule has 0 atom stereocenters. The maximum Gasteiger partial charge on any atom is 0.255 e. The van der Waals surface area contributed by atoms with Gasteiger partial charge in [-0.1, -0.05) is 6.92 Å². The molecule has 1 aromatic carbocycles. The minimum Gasteiger partial charge on any atom is -0.437 e. The third kappa shape index (κ3) is 5.61. The molecule has 0 radical (unpaired) electrons. The quantitative estimate of drug-likeness (QED) is 0.479. The average Bonchev–Trinajstić information content (AvgIpc) is 3.18. The van der Waals surface area contributed by atoms with Crippen LogP contribution in [0.5, 0.6) is 0 Å². The van der Waals surface area contributed by atoms with Crippen LogP contribution >= 0.6 is 0 Å². The van der Waals surface area contributed by atoms with Gasteiger partial charge in [0.1, 0.15) is 17.4 Å². The number of nitrogens with zero attached hydrogens (tertiary/aromatic N) is 3. The summed E-state index contributed by atoms with van der Waals surface area (Å²) in [5.74, 6) is -0.544. The Bertz CT molecular complexity index is 1350. The lowest BCUT2D eigenvalue weighted by atomic mass is 10.0. The highest BCUT2D eigenvalue weighted by molar-refractivity contribution is 7.92. The Morgan fingerprint density at radius 2 is 1.83 bits per heavy atom. The number of carbonyl (C=O) groups excluding carboxylic acids is 2. The smallest absolute Gasteiger partial charge is 0.255 e. The zero-order chi connectivity index (χ0) is 25.9. The number of fused-ring (bicyclic) bond motifs is 1. The molecule has 35 heavy (non-hydrogen) atoms. The fourth-order valence-electron chi connectivity index (χ4n) is 3.72. The van der Waals surface area contributed by atoms with Gasteiger partial charge in [-0.3, -0.25) is 13.9 Å². The highest BCUT2D eigenvalue weighted by atomic mass is 32.2. The molecule has 3 rings (SSSR count). The first-order valence-electron chi connectivity index (χ1n) is 11.1. The molecule has 0 saturated heterocycles. The monoisotopic (exact) mass is 504 g/mol. The van der Waals surface area contributed by atoms with Crippen molar-refractivity contribution >= 4 is 38.8 Å². The number of anilines is 1. The predicted octanol–water partition coefficient (Wildman–Crippen LogP) is 3.19. The summed E-state index contributed by atoms with van der Waals surface area (Å²) in [6, 6.07) is 7.22. The van der Waals surface area contributed by atoms with Gasteiger partial charge in [-0.05, 0) is 48.7 Å². The van der Waals surface area contributed by atoms with Gasteiger partial charge < -0.3 is 14.6 Å². The molecule has 0 aliphatic carbocycles. The lowest BCUT2D eigenvalue weighted by Crippen LogP contribution is -2.35. The Morgan fingerprint density at radius 1 is 1.17 bits per heavy atom. The summed E-state index contributed by atoms with van der Waals surface area (Å²) < 4.78 is 46.0. The topological polar surface area (TPSA) is 113 Å². The molecule has 2 amide bonds. The molecule has 11 heteroatoms. The van der Waals surface area contributed by atoms with E-state index in [1.54, 1.807) is 13.1 Å². The summed E-state index contributed by atoms with van der Waals surface area (Å²) in [6.45, 7) is 3.78. The molecule has 3 aromatic rings. The fraction of sp³-hybridized carbons (Fsp3) is 0.375. The van der Waals surface area contributed by atoms with Gasteiger partial charge in [0.05, 0.1) is 17.2 Å². The van der Waals surface area contributed by atoms with Gasteiger partial charge in [0, 0.05) is 39.7 Å². The number of nitrogens with one attached hydrogen (secondary N) is 1. The molecule has 0 saturated carbocycles. The molecule has 1 N–H and O–H groups in total. The zero-order valence-corrected chi connectivity index (χ0v) is 21.2. The van der Waals surface area contributed by atoms with E-state index in [1.165, 1.54) is 47.4 Å². The van der Waals surface area contributed by atoms with Crippen LogP contribution in [0.1, 0.15) is 36.2 Å². The standard InChI is InChI=1S/C24H29FN4O5S/c1-6-16-14-19-20(23(31)26-3)21(17-8-10-18(25)11-9-17)34-24(19)27-22(16)29(35(5,32)33)13-7-12-28(4)15(2)30/h8-11,14H,6-7,12-13H2,1-5H3,(H,26,31). The van der Waals surface area contributed by atoms with Crippen molar-refractivity contribution in [1.82, 2.24) is 15.2 Å². The lowest BCUT2D eigenvalue weighted by molar-refractivity contribution is -0.127. The van der Waals surface area contributed by atoms with E-state index >= 15 is 0 Å². The number of rotatable bonds is 9. The molecule has 188 valence electrons. The van der Waals surface area contributed by atoms with Crippen LogP contribution in [0.3, 0.4) is 0 Å². The maximum absolute atomic E-state index is 13.5. The zero-order valence-electron chi connectivity index (χ0n) is 20.4. The number of pyridine rings is 1. The van der Waals surface area contributed by atoms with Crippen molar-refractivity contribution in [2.75, 3.05) is 37.7 Å². The van der Waals surface area contributed by atoms with Crippen molar-refractivity contribution in [3.63, 3.8) is 0 Å². The van der Waals surface area contributed by atoms with Gasteiger partial charge in [-0.2, -0.15) is 4.98 Å². The second-order valence-electron chi connectivity index (χ2n) is 8.20. The Kier molecular flexibility index (Phi) is 7.79. The van der Waals surface area contributed by atoms with Crippen LogP contribution in [0, 0.1) is 5.82 Å². The summed E-state index contributed by atoms with van der Waals surface area (Å²) in [4.78, 5) is 30.3. The van der Waals surface area contributed by atoms with Crippen molar-refractivity contribution in [2.24, 2.45) is 0 Å². The van der Waals surface area contributed by atoms with Crippen LogP contribution in [0.25, 0.3) is 22.4 Å². The van der Waals surface area contributed by atoms with Crippen LogP contribution in [0.2, 0.25) is 0 Å².